The van der Waals surface area contributed by atoms with Crippen molar-refractivity contribution in [3.63, 3.8) is 0 Å². The van der Waals surface area contributed by atoms with Crippen molar-refractivity contribution in [2.45, 2.75) is 18.9 Å². The average molecular weight is 261 g/mol. The minimum atomic E-state index is 0.0887. The second-order valence-corrected chi connectivity index (χ2v) is 5.72. The number of nitrogens with two attached hydrogens (primary N) is 1. The third-order valence-electron chi connectivity index (χ3n) is 3.78. The first kappa shape index (κ1) is 13.9. The highest BCUT2D eigenvalue weighted by Gasteiger charge is 2.28. The first-order chi connectivity index (χ1) is 8.97. The van der Waals surface area contributed by atoms with E-state index in [4.69, 9.17) is 5.73 Å². The molecule has 0 atom stereocenters. The van der Waals surface area contributed by atoms with Crippen LogP contribution in [0.4, 0.5) is 5.69 Å². The van der Waals surface area contributed by atoms with E-state index in [9.17, 15) is 4.79 Å². The Morgan fingerprint density at radius 2 is 1.79 bits per heavy atom. The Labute approximate surface area is 115 Å². The maximum absolute atomic E-state index is 12.3. The molecule has 0 aromatic heterocycles. The zero-order valence-electron chi connectivity index (χ0n) is 12.0. The second-order valence-electron chi connectivity index (χ2n) is 5.72. The van der Waals surface area contributed by atoms with Gasteiger partial charge in [0.15, 0.2) is 0 Å². The van der Waals surface area contributed by atoms with E-state index in [1.165, 1.54) is 0 Å². The molecule has 1 fully saturated rings. The van der Waals surface area contributed by atoms with Crippen LogP contribution in [0, 0.1) is 5.92 Å². The molecule has 0 radical (unpaired) electrons. The summed E-state index contributed by atoms with van der Waals surface area (Å²) in [6.45, 7) is 0.808. The molecule has 1 saturated carbocycles. The third kappa shape index (κ3) is 3.26. The van der Waals surface area contributed by atoms with Crippen LogP contribution in [0.25, 0.3) is 0 Å². The summed E-state index contributed by atoms with van der Waals surface area (Å²) < 4.78 is 0. The lowest BCUT2D eigenvalue weighted by atomic mass is 9.80. The van der Waals surface area contributed by atoms with Crippen molar-refractivity contribution in [2.24, 2.45) is 11.7 Å². The van der Waals surface area contributed by atoms with Crippen LogP contribution in [0.1, 0.15) is 23.2 Å². The van der Waals surface area contributed by atoms with Gasteiger partial charge >= 0.3 is 0 Å². The molecule has 4 heteroatoms. The minimum absolute atomic E-state index is 0.0887. The smallest absolute Gasteiger partial charge is 0.253 e. The van der Waals surface area contributed by atoms with Gasteiger partial charge in [-0.25, -0.2) is 0 Å². The molecule has 2 rings (SSSR count). The van der Waals surface area contributed by atoms with E-state index in [0.717, 1.165) is 30.6 Å². The first-order valence-electron chi connectivity index (χ1n) is 6.76. The molecule has 1 aromatic rings. The zero-order chi connectivity index (χ0) is 14.0. The summed E-state index contributed by atoms with van der Waals surface area (Å²) >= 11 is 0. The average Bonchev–Trinajstić information content (AvgIpc) is 2.36. The molecule has 0 aliphatic heterocycles. The zero-order valence-corrected chi connectivity index (χ0v) is 12.0. The number of nitrogens with zero attached hydrogens (tertiary/aromatic N) is 2. The number of anilines is 1. The fraction of sp³-hybridized carbons (Fsp3) is 0.533. The molecular weight excluding hydrogens is 238 g/mol. The van der Waals surface area contributed by atoms with Crippen LogP contribution >= 0.6 is 0 Å². The number of rotatable bonds is 4. The number of hydrogen-bond acceptors (Lipinski definition) is 3. The SMILES string of the molecule is CN(CC1CC(N)C1)C(=O)c1ccc(N(C)C)cc1. The van der Waals surface area contributed by atoms with Crippen molar-refractivity contribution in [3.8, 4) is 0 Å². The van der Waals surface area contributed by atoms with Crippen LogP contribution in [0.2, 0.25) is 0 Å². The quantitative estimate of drug-likeness (QED) is 0.895. The lowest BCUT2D eigenvalue weighted by Gasteiger charge is -2.35. The Bertz CT molecular complexity index is 435. The monoisotopic (exact) mass is 261 g/mol. The van der Waals surface area contributed by atoms with Gasteiger partial charge in [0.05, 0.1) is 0 Å². The Balaban J connectivity index is 1.94. The summed E-state index contributed by atoms with van der Waals surface area (Å²) in [5.41, 5.74) is 7.62. The van der Waals surface area contributed by atoms with Crippen LogP contribution < -0.4 is 10.6 Å². The molecule has 1 aliphatic rings. The lowest BCUT2D eigenvalue weighted by Crippen LogP contribution is -2.43. The maximum Gasteiger partial charge on any atom is 0.253 e. The van der Waals surface area contributed by atoms with E-state index in [1.54, 1.807) is 4.90 Å². The molecule has 0 unspecified atom stereocenters. The highest BCUT2D eigenvalue weighted by Crippen LogP contribution is 2.26. The van der Waals surface area contributed by atoms with Gasteiger partial charge in [-0.2, -0.15) is 0 Å². The fourth-order valence-corrected chi connectivity index (χ4v) is 2.53. The molecule has 0 bridgehead atoms. The van der Waals surface area contributed by atoms with Crippen molar-refractivity contribution in [2.75, 3.05) is 32.6 Å². The van der Waals surface area contributed by atoms with Crippen LogP contribution in [0.5, 0.6) is 0 Å². The Morgan fingerprint density at radius 1 is 1.21 bits per heavy atom. The highest BCUT2D eigenvalue weighted by molar-refractivity contribution is 5.94. The van der Waals surface area contributed by atoms with Gasteiger partial charge in [0.25, 0.3) is 5.91 Å². The van der Waals surface area contributed by atoms with E-state index in [2.05, 4.69) is 0 Å². The number of hydrogen-bond donors (Lipinski definition) is 1. The molecule has 4 nitrogen and oxygen atoms in total. The molecule has 104 valence electrons. The van der Waals surface area contributed by atoms with E-state index < -0.39 is 0 Å². The molecule has 0 saturated heterocycles. The summed E-state index contributed by atoms with van der Waals surface area (Å²) in [6, 6.07) is 8.06. The molecule has 0 heterocycles. The molecule has 19 heavy (non-hydrogen) atoms. The number of benzene rings is 1. The Morgan fingerprint density at radius 3 is 2.26 bits per heavy atom. The second kappa shape index (κ2) is 5.61. The van der Waals surface area contributed by atoms with Crippen LogP contribution in [0.15, 0.2) is 24.3 Å². The van der Waals surface area contributed by atoms with Gasteiger partial charge in [-0.1, -0.05) is 0 Å². The number of carbonyl (C=O) groups excluding carboxylic acids is 1. The van der Waals surface area contributed by atoms with Gasteiger partial charge in [0, 0.05) is 45.0 Å². The van der Waals surface area contributed by atoms with Crippen LogP contribution in [-0.2, 0) is 0 Å². The lowest BCUT2D eigenvalue weighted by molar-refractivity contribution is 0.0734. The predicted octanol–water partition coefficient (Wildman–Crippen LogP) is 1.56. The third-order valence-corrected chi connectivity index (χ3v) is 3.78. The van der Waals surface area contributed by atoms with Crippen molar-refractivity contribution in [1.82, 2.24) is 4.90 Å². The summed E-state index contributed by atoms with van der Waals surface area (Å²) in [5, 5.41) is 0. The van der Waals surface area contributed by atoms with E-state index in [1.807, 2.05) is 50.3 Å². The minimum Gasteiger partial charge on any atom is -0.378 e. The van der Waals surface area contributed by atoms with Crippen LogP contribution in [-0.4, -0.2) is 44.5 Å². The molecule has 1 amide bonds. The molecule has 1 aromatic carbocycles. The molecule has 2 N–H and O–H groups in total. The Hall–Kier alpha value is -1.55. The number of amides is 1. The van der Waals surface area contributed by atoms with E-state index >= 15 is 0 Å². The Kier molecular flexibility index (Phi) is 4.10. The normalized spacial score (nSPS) is 21.7. The van der Waals surface area contributed by atoms with Gasteiger partial charge < -0.3 is 15.5 Å². The van der Waals surface area contributed by atoms with Crippen molar-refractivity contribution in [3.05, 3.63) is 29.8 Å². The van der Waals surface area contributed by atoms with E-state index in [0.29, 0.717) is 12.0 Å². The number of carbonyl (C=O) groups is 1. The largest absolute Gasteiger partial charge is 0.378 e. The van der Waals surface area contributed by atoms with Gasteiger partial charge in [0.2, 0.25) is 0 Å². The van der Waals surface area contributed by atoms with Crippen molar-refractivity contribution >= 4 is 11.6 Å². The molecular formula is C15H23N3O. The molecule has 1 aliphatic carbocycles. The standard InChI is InChI=1S/C15H23N3O/c1-17(2)14-6-4-12(5-7-14)15(19)18(3)10-11-8-13(16)9-11/h4-7,11,13H,8-10,16H2,1-3H3. The van der Waals surface area contributed by atoms with Gasteiger partial charge in [0.1, 0.15) is 0 Å². The summed E-state index contributed by atoms with van der Waals surface area (Å²) in [5.74, 6) is 0.663. The van der Waals surface area contributed by atoms with Crippen molar-refractivity contribution < 1.29 is 4.79 Å². The van der Waals surface area contributed by atoms with Gasteiger partial charge in [-0.15, -0.1) is 0 Å². The summed E-state index contributed by atoms with van der Waals surface area (Å²) in [7, 11) is 5.84. The highest BCUT2D eigenvalue weighted by atomic mass is 16.2. The fourth-order valence-electron chi connectivity index (χ4n) is 2.53. The first-order valence-corrected chi connectivity index (χ1v) is 6.76. The maximum atomic E-state index is 12.3. The van der Waals surface area contributed by atoms with Gasteiger partial charge in [-0.05, 0) is 43.0 Å². The van der Waals surface area contributed by atoms with E-state index in [-0.39, 0.29) is 5.91 Å². The summed E-state index contributed by atoms with van der Waals surface area (Å²) in [6.07, 6.45) is 2.08. The van der Waals surface area contributed by atoms with Gasteiger partial charge in [-0.3, -0.25) is 4.79 Å². The van der Waals surface area contributed by atoms with Crippen molar-refractivity contribution in [1.29, 1.82) is 0 Å². The topological polar surface area (TPSA) is 49.6 Å². The van der Waals surface area contributed by atoms with Crippen LogP contribution in [0.3, 0.4) is 0 Å². The molecule has 0 spiro atoms. The predicted molar refractivity (Wildman–Crippen MR) is 78.4 cm³/mol. The summed E-state index contributed by atoms with van der Waals surface area (Å²) in [4.78, 5) is 16.1.